The molecule has 0 N–H and O–H groups in total. The van der Waals surface area contributed by atoms with Crippen LogP contribution in [0.1, 0.15) is 31.7 Å². The maximum atomic E-state index is 13.0. The Hall–Kier alpha value is -0.920. The summed E-state index contributed by atoms with van der Waals surface area (Å²) in [6.07, 6.45) is 7.17. The molecule has 0 saturated carbocycles. The maximum absolute atomic E-state index is 13.0. The van der Waals surface area contributed by atoms with Crippen molar-refractivity contribution in [2.45, 2.75) is 32.6 Å². The number of nitrogens with zero attached hydrogens (tertiary/aromatic N) is 1. The molecular weight excluding hydrogens is 153 g/mol. The molecule has 0 aliphatic rings. The van der Waals surface area contributed by atoms with Gasteiger partial charge in [0.15, 0.2) is 0 Å². The summed E-state index contributed by atoms with van der Waals surface area (Å²) >= 11 is 0. The van der Waals surface area contributed by atoms with Crippen LogP contribution in [0.3, 0.4) is 0 Å². The van der Waals surface area contributed by atoms with E-state index in [2.05, 4.69) is 11.9 Å². The fourth-order valence-corrected chi connectivity index (χ4v) is 1.17. The number of aromatic nitrogens is 1. The molecule has 1 aromatic rings. The number of hydrogen-bond acceptors (Lipinski definition) is 1. The van der Waals surface area contributed by atoms with Crippen LogP contribution in [0.5, 0.6) is 0 Å². The van der Waals surface area contributed by atoms with Gasteiger partial charge in [-0.2, -0.15) is 0 Å². The van der Waals surface area contributed by atoms with Crippen LogP contribution in [0.25, 0.3) is 0 Å². The van der Waals surface area contributed by atoms with Crippen molar-refractivity contribution in [3.8, 4) is 0 Å². The molecule has 1 aromatic heterocycles. The Bertz CT molecular complexity index is 235. The average Bonchev–Trinajstić information content (AvgIpc) is 2.09. The van der Waals surface area contributed by atoms with E-state index in [0.29, 0.717) is 0 Å². The van der Waals surface area contributed by atoms with Crippen LogP contribution >= 0.6 is 0 Å². The van der Waals surface area contributed by atoms with Crippen molar-refractivity contribution in [1.82, 2.24) is 4.98 Å². The molecule has 66 valence electrons. The van der Waals surface area contributed by atoms with Gasteiger partial charge in [0.05, 0.1) is 6.20 Å². The molecule has 0 aromatic carbocycles. The third kappa shape index (κ3) is 2.61. The summed E-state index contributed by atoms with van der Waals surface area (Å²) in [4.78, 5) is 3.70. The minimum absolute atomic E-state index is 0.173. The van der Waals surface area contributed by atoms with Gasteiger partial charge >= 0.3 is 0 Å². The molecule has 0 atom stereocenters. The van der Waals surface area contributed by atoms with E-state index >= 15 is 0 Å². The highest BCUT2D eigenvalue weighted by molar-refractivity contribution is 5.12. The summed E-state index contributed by atoms with van der Waals surface area (Å²) in [7, 11) is 0. The Kier molecular flexibility index (Phi) is 3.71. The summed E-state index contributed by atoms with van der Waals surface area (Å²) < 4.78 is 13.0. The van der Waals surface area contributed by atoms with Gasteiger partial charge in [0.2, 0.25) is 0 Å². The van der Waals surface area contributed by atoms with E-state index < -0.39 is 0 Å². The minimum atomic E-state index is -0.173. The third-order valence-electron chi connectivity index (χ3n) is 1.91. The molecule has 0 amide bonds. The van der Waals surface area contributed by atoms with Crippen molar-refractivity contribution >= 4 is 0 Å². The van der Waals surface area contributed by atoms with Crippen molar-refractivity contribution < 1.29 is 4.39 Å². The Balaban J connectivity index is 2.46. The summed E-state index contributed by atoms with van der Waals surface area (Å²) in [6, 6.07) is 1.75. The van der Waals surface area contributed by atoms with Gasteiger partial charge in [-0.05, 0) is 24.5 Å². The molecule has 1 nitrogen and oxygen atoms in total. The van der Waals surface area contributed by atoms with Crippen LogP contribution in [0, 0.1) is 5.82 Å². The second kappa shape index (κ2) is 4.86. The first-order valence-corrected chi connectivity index (χ1v) is 4.43. The Morgan fingerprint density at radius 3 is 2.92 bits per heavy atom. The topological polar surface area (TPSA) is 12.9 Å². The summed E-state index contributed by atoms with van der Waals surface area (Å²) in [5.41, 5.74) is 0.790. The standard InChI is InChI=1S/C10H14FN/c1-2-3-4-5-9-6-7-12-8-10(9)11/h6-8H,2-5H2,1H3. The van der Waals surface area contributed by atoms with Crippen molar-refractivity contribution in [2.24, 2.45) is 0 Å². The quantitative estimate of drug-likeness (QED) is 0.628. The molecular formula is C10H14FN. The zero-order chi connectivity index (χ0) is 8.81. The van der Waals surface area contributed by atoms with E-state index in [-0.39, 0.29) is 5.82 Å². The van der Waals surface area contributed by atoms with Crippen LogP contribution in [-0.4, -0.2) is 4.98 Å². The molecule has 0 unspecified atom stereocenters. The monoisotopic (exact) mass is 167 g/mol. The maximum Gasteiger partial charge on any atom is 0.144 e. The van der Waals surface area contributed by atoms with Crippen LogP contribution in [-0.2, 0) is 6.42 Å². The van der Waals surface area contributed by atoms with Gasteiger partial charge in [0, 0.05) is 6.20 Å². The molecule has 0 saturated heterocycles. The number of halogens is 1. The van der Waals surface area contributed by atoms with Crippen LogP contribution < -0.4 is 0 Å². The largest absolute Gasteiger partial charge is 0.262 e. The van der Waals surface area contributed by atoms with E-state index in [1.165, 1.54) is 19.0 Å². The van der Waals surface area contributed by atoms with Crippen LogP contribution in [0.15, 0.2) is 18.5 Å². The first-order chi connectivity index (χ1) is 5.84. The van der Waals surface area contributed by atoms with Gasteiger partial charge in [0.1, 0.15) is 5.82 Å². The van der Waals surface area contributed by atoms with Gasteiger partial charge in [-0.15, -0.1) is 0 Å². The smallest absolute Gasteiger partial charge is 0.144 e. The molecule has 2 heteroatoms. The molecule has 0 spiro atoms. The second-order valence-corrected chi connectivity index (χ2v) is 2.92. The SMILES string of the molecule is CCCCCc1ccncc1F. The van der Waals surface area contributed by atoms with Crippen LogP contribution in [0.4, 0.5) is 4.39 Å². The molecule has 1 heterocycles. The molecule has 12 heavy (non-hydrogen) atoms. The Morgan fingerprint density at radius 1 is 1.42 bits per heavy atom. The van der Waals surface area contributed by atoms with E-state index in [1.54, 1.807) is 12.3 Å². The predicted molar refractivity (Wildman–Crippen MR) is 47.4 cm³/mol. The van der Waals surface area contributed by atoms with Gasteiger partial charge in [-0.3, -0.25) is 4.98 Å². The zero-order valence-corrected chi connectivity index (χ0v) is 7.39. The number of pyridine rings is 1. The van der Waals surface area contributed by atoms with Crippen molar-refractivity contribution in [3.05, 3.63) is 29.8 Å². The van der Waals surface area contributed by atoms with E-state index in [0.717, 1.165) is 18.4 Å². The van der Waals surface area contributed by atoms with Crippen molar-refractivity contribution in [1.29, 1.82) is 0 Å². The fraction of sp³-hybridized carbons (Fsp3) is 0.500. The number of hydrogen-bond donors (Lipinski definition) is 0. The van der Waals surface area contributed by atoms with Crippen molar-refractivity contribution in [2.75, 3.05) is 0 Å². The first kappa shape index (κ1) is 9.17. The first-order valence-electron chi connectivity index (χ1n) is 4.43. The van der Waals surface area contributed by atoms with Gasteiger partial charge in [-0.1, -0.05) is 19.8 Å². The highest BCUT2D eigenvalue weighted by atomic mass is 19.1. The summed E-state index contributed by atoms with van der Waals surface area (Å²) in [5, 5.41) is 0. The molecule has 0 fully saturated rings. The molecule has 0 aliphatic carbocycles. The highest BCUT2D eigenvalue weighted by Crippen LogP contribution is 2.09. The highest BCUT2D eigenvalue weighted by Gasteiger charge is 1.99. The third-order valence-corrected chi connectivity index (χ3v) is 1.91. The number of unbranched alkanes of at least 4 members (excludes halogenated alkanes) is 2. The van der Waals surface area contributed by atoms with Crippen LogP contribution in [0.2, 0.25) is 0 Å². The average molecular weight is 167 g/mol. The summed E-state index contributed by atoms with van der Waals surface area (Å²) in [6.45, 7) is 2.14. The van der Waals surface area contributed by atoms with E-state index in [1.807, 2.05) is 0 Å². The van der Waals surface area contributed by atoms with E-state index in [9.17, 15) is 4.39 Å². The fourth-order valence-electron chi connectivity index (χ4n) is 1.17. The van der Waals surface area contributed by atoms with Gasteiger partial charge in [-0.25, -0.2) is 4.39 Å². The Labute approximate surface area is 72.6 Å². The second-order valence-electron chi connectivity index (χ2n) is 2.92. The predicted octanol–water partition coefficient (Wildman–Crippen LogP) is 2.95. The van der Waals surface area contributed by atoms with E-state index in [4.69, 9.17) is 0 Å². The van der Waals surface area contributed by atoms with Gasteiger partial charge < -0.3 is 0 Å². The van der Waals surface area contributed by atoms with Crippen molar-refractivity contribution in [3.63, 3.8) is 0 Å². The Morgan fingerprint density at radius 2 is 2.25 bits per heavy atom. The zero-order valence-electron chi connectivity index (χ0n) is 7.39. The minimum Gasteiger partial charge on any atom is -0.262 e. The lowest BCUT2D eigenvalue weighted by atomic mass is 10.1. The number of rotatable bonds is 4. The molecule has 0 radical (unpaired) electrons. The number of aryl methyl sites for hydroxylation is 1. The normalized spacial score (nSPS) is 10.2. The molecule has 1 rings (SSSR count). The van der Waals surface area contributed by atoms with Gasteiger partial charge in [0.25, 0.3) is 0 Å². The lowest BCUT2D eigenvalue weighted by molar-refractivity contribution is 0.593. The lowest BCUT2D eigenvalue weighted by Gasteiger charge is -2.00. The lowest BCUT2D eigenvalue weighted by Crippen LogP contribution is -1.91. The molecule has 0 bridgehead atoms. The molecule has 0 aliphatic heterocycles. The summed E-state index contributed by atoms with van der Waals surface area (Å²) in [5.74, 6) is -0.173.